The summed E-state index contributed by atoms with van der Waals surface area (Å²) in [5, 5.41) is 0. The zero-order chi connectivity index (χ0) is 10.3. The third-order valence-corrected chi connectivity index (χ3v) is 3.19. The molecule has 0 unspecified atom stereocenters. The molecule has 0 amide bonds. The lowest BCUT2D eigenvalue weighted by atomic mass is 10.8. The molecule has 0 saturated carbocycles. The van der Waals surface area contributed by atoms with Crippen molar-refractivity contribution in [1.82, 2.24) is 0 Å². The van der Waals surface area contributed by atoms with E-state index in [9.17, 15) is 25.6 Å². The van der Waals surface area contributed by atoms with Crippen molar-refractivity contribution in [3.05, 3.63) is 0 Å². The SMILES string of the molecule is O=S1(=O)CC(F)(F)OS(=O)(=O)CO1. The molecule has 13 heavy (non-hydrogen) atoms. The Bertz CT molecular complexity index is 356. The zero-order valence-corrected chi connectivity index (χ0v) is 7.57. The molecule has 1 fully saturated rings. The van der Waals surface area contributed by atoms with Crippen molar-refractivity contribution in [1.29, 1.82) is 0 Å². The summed E-state index contributed by atoms with van der Waals surface area (Å²) < 4.78 is 73.8. The normalized spacial score (nSPS) is 30.6. The lowest BCUT2D eigenvalue weighted by molar-refractivity contribution is -0.150. The molecule has 0 atom stereocenters. The maximum absolute atomic E-state index is 12.4. The van der Waals surface area contributed by atoms with Crippen molar-refractivity contribution in [2.45, 2.75) is 6.11 Å². The van der Waals surface area contributed by atoms with Gasteiger partial charge in [-0.05, 0) is 0 Å². The van der Waals surface area contributed by atoms with Gasteiger partial charge in [0, 0.05) is 0 Å². The molecule has 0 aromatic rings. The second-order valence-electron chi connectivity index (χ2n) is 2.22. The molecule has 1 heterocycles. The second-order valence-corrected chi connectivity index (χ2v) is 5.37. The topological polar surface area (TPSA) is 86.7 Å². The fraction of sp³-hybridized carbons (Fsp3) is 1.00. The van der Waals surface area contributed by atoms with Gasteiger partial charge in [0.1, 0.15) is 0 Å². The van der Waals surface area contributed by atoms with Gasteiger partial charge in [0.2, 0.25) is 0 Å². The smallest absolute Gasteiger partial charge is 0.251 e. The predicted octanol–water partition coefficient (Wildman–Crippen LogP) is -0.757. The fourth-order valence-electron chi connectivity index (χ4n) is 0.614. The Labute approximate surface area is 72.7 Å². The molecule has 0 aromatic heterocycles. The quantitative estimate of drug-likeness (QED) is 0.516. The molecule has 0 aliphatic carbocycles. The van der Waals surface area contributed by atoms with Gasteiger partial charge in [-0.3, -0.25) is 4.18 Å². The third kappa shape index (κ3) is 3.14. The first-order chi connectivity index (χ1) is 5.62. The Kier molecular flexibility index (Phi) is 2.35. The number of halogens is 2. The molecule has 0 radical (unpaired) electrons. The number of hydrogen-bond acceptors (Lipinski definition) is 6. The third-order valence-electron chi connectivity index (χ3n) is 0.966. The van der Waals surface area contributed by atoms with Crippen LogP contribution in [0.5, 0.6) is 0 Å². The lowest BCUT2D eigenvalue weighted by Gasteiger charge is -2.09. The molecule has 10 heteroatoms. The van der Waals surface area contributed by atoms with Crippen LogP contribution >= 0.6 is 0 Å². The lowest BCUT2D eigenvalue weighted by Crippen LogP contribution is -2.29. The number of rotatable bonds is 0. The highest BCUT2D eigenvalue weighted by Crippen LogP contribution is 2.25. The molecule has 6 nitrogen and oxygen atoms in total. The van der Waals surface area contributed by atoms with Crippen LogP contribution in [0, 0.1) is 0 Å². The summed E-state index contributed by atoms with van der Waals surface area (Å²) in [6.45, 7) is 0. The van der Waals surface area contributed by atoms with Crippen LogP contribution in [0.3, 0.4) is 0 Å². The van der Waals surface area contributed by atoms with E-state index in [1.54, 1.807) is 0 Å². The summed E-state index contributed by atoms with van der Waals surface area (Å²) in [7, 11) is -9.20. The molecule has 1 rings (SSSR count). The molecule has 0 spiro atoms. The van der Waals surface area contributed by atoms with Gasteiger partial charge in [0.25, 0.3) is 20.2 Å². The molecular formula is C3H4F2O6S2. The summed E-state index contributed by atoms with van der Waals surface area (Å²) in [6.07, 6.45) is -4.27. The Balaban J connectivity index is 3.09. The van der Waals surface area contributed by atoms with Crippen LogP contribution in [0.2, 0.25) is 0 Å². The maximum atomic E-state index is 12.4. The summed E-state index contributed by atoms with van der Waals surface area (Å²) in [6, 6.07) is 0. The van der Waals surface area contributed by atoms with Gasteiger partial charge in [-0.1, -0.05) is 0 Å². The average molecular weight is 238 g/mol. The summed E-state index contributed by atoms with van der Waals surface area (Å²) >= 11 is 0. The van der Waals surface area contributed by atoms with Crippen LogP contribution < -0.4 is 0 Å². The summed E-state index contributed by atoms with van der Waals surface area (Å²) in [5.41, 5.74) is 0. The highest BCUT2D eigenvalue weighted by molar-refractivity contribution is 7.90. The van der Waals surface area contributed by atoms with Crippen LogP contribution in [0.15, 0.2) is 0 Å². The highest BCUT2D eigenvalue weighted by Gasteiger charge is 2.45. The average Bonchev–Trinajstić information content (AvgIpc) is 1.83. The van der Waals surface area contributed by atoms with E-state index >= 15 is 0 Å². The molecule has 1 saturated heterocycles. The number of alkyl halides is 2. The molecule has 0 aromatic carbocycles. The van der Waals surface area contributed by atoms with Crippen molar-refractivity contribution in [3.8, 4) is 0 Å². The minimum absolute atomic E-state index is 1.43. The van der Waals surface area contributed by atoms with Gasteiger partial charge in [-0.2, -0.15) is 29.8 Å². The minimum atomic E-state index is -4.65. The van der Waals surface area contributed by atoms with Gasteiger partial charge in [-0.15, -0.1) is 0 Å². The summed E-state index contributed by atoms with van der Waals surface area (Å²) in [4.78, 5) is 0. The van der Waals surface area contributed by atoms with Crippen LogP contribution in [-0.2, 0) is 28.6 Å². The Morgan fingerprint density at radius 3 is 2.15 bits per heavy atom. The molecule has 0 N–H and O–H groups in total. The van der Waals surface area contributed by atoms with Crippen LogP contribution in [0.1, 0.15) is 0 Å². The minimum Gasteiger partial charge on any atom is -0.251 e. The van der Waals surface area contributed by atoms with E-state index < -0.39 is 38.0 Å². The van der Waals surface area contributed by atoms with Gasteiger partial charge >= 0.3 is 6.11 Å². The maximum Gasteiger partial charge on any atom is 0.385 e. The van der Waals surface area contributed by atoms with Crippen molar-refractivity contribution >= 4 is 20.2 Å². The van der Waals surface area contributed by atoms with Crippen LogP contribution in [-0.4, -0.2) is 34.6 Å². The van der Waals surface area contributed by atoms with Crippen LogP contribution in [0.25, 0.3) is 0 Å². The van der Waals surface area contributed by atoms with Crippen LogP contribution in [0.4, 0.5) is 8.78 Å². The summed E-state index contributed by atoms with van der Waals surface area (Å²) in [5.74, 6) is -3.23. The molecule has 1 aliphatic heterocycles. The monoisotopic (exact) mass is 238 g/mol. The Morgan fingerprint density at radius 1 is 1.08 bits per heavy atom. The van der Waals surface area contributed by atoms with Crippen molar-refractivity contribution in [2.75, 3.05) is 11.7 Å². The van der Waals surface area contributed by atoms with Crippen molar-refractivity contribution in [2.24, 2.45) is 0 Å². The Morgan fingerprint density at radius 2 is 1.62 bits per heavy atom. The van der Waals surface area contributed by atoms with E-state index in [0.717, 1.165) is 0 Å². The Hall–Kier alpha value is -0.320. The first kappa shape index (κ1) is 10.8. The van der Waals surface area contributed by atoms with E-state index in [1.807, 2.05) is 0 Å². The fourth-order valence-corrected chi connectivity index (χ4v) is 2.78. The predicted molar refractivity (Wildman–Crippen MR) is 34.7 cm³/mol. The molecule has 0 bridgehead atoms. The zero-order valence-electron chi connectivity index (χ0n) is 5.94. The molecular weight excluding hydrogens is 234 g/mol. The number of hydrogen-bond donors (Lipinski definition) is 0. The molecule has 1 aliphatic rings. The van der Waals surface area contributed by atoms with E-state index in [0.29, 0.717) is 0 Å². The first-order valence-corrected chi connectivity index (χ1v) is 5.96. The van der Waals surface area contributed by atoms with Crippen molar-refractivity contribution in [3.63, 3.8) is 0 Å². The van der Waals surface area contributed by atoms with E-state index in [-0.39, 0.29) is 0 Å². The van der Waals surface area contributed by atoms with E-state index in [4.69, 9.17) is 0 Å². The van der Waals surface area contributed by atoms with Gasteiger partial charge in [0.15, 0.2) is 11.7 Å². The van der Waals surface area contributed by atoms with Gasteiger partial charge in [0.05, 0.1) is 0 Å². The molecule has 78 valence electrons. The second kappa shape index (κ2) is 2.83. The van der Waals surface area contributed by atoms with E-state index in [1.165, 1.54) is 0 Å². The van der Waals surface area contributed by atoms with Gasteiger partial charge in [-0.25, -0.2) is 0 Å². The first-order valence-electron chi connectivity index (χ1n) is 2.80. The largest absolute Gasteiger partial charge is 0.385 e. The van der Waals surface area contributed by atoms with E-state index in [2.05, 4.69) is 8.37 Å². The highest BCUT2D eigenvalue weighted by atomic mass is 32.2. The van der Waals surface area contributed by atoms with Gasteiger partial charge < -0.3 is 0 Å². The standard InChI is InChI=1S/C3H4F2O6S2/c4-3(5)1-12(6,7)10-2-13(8,9)11-3/h1-2H2. The van der Waals surface area contributed by atoms with Crippen molar-refractivity contribution < 1.29 is 34.0 Å².